The summed E-state index contributed by atoms with van der Waals surface area (Å²) in [6.45, 7) is -0.448. The van der Waals surface area contributed by atoms with Crippen molar-refractivity contribution in [2.45, 2.75) is 6.42 Å². The van der Waals surface area contributed by atoms with Crippen LogP contribution in [0.1, 0.15) is 27.1 Å². The molecule has 1 aliphatic rings. The van der Waals surface area contributed by atoms with Crippen molar-refractivity contribution in [3.05, 3.63) is 65.7 Å². The van der Waals surface area contributed by atoms with Gasteiger partial charge in [0.2, 0.25) is 5.91 Å². The molecule has 1 saturated heterocycles. The molecule has 1 aliphatic heterocycles. The Hall–Kier alpha value is -3.68. The topological polar surface area (TPSA) is 102 Å². The summed E-state index contributed by atoms with van der Waals surface area (Å²) in [7, 11) is 1.49. The molecular formula is C21H20N2O6. The lowest BCUT2D eigenvalue weighted by Crippen LogP contribution is -2.43. The van der Waals surface area contributed by atoms with Crippen molar-refractivity contribution in [1.29, 1.82) is 0 Å². The second-order valence-electron chi connectivity index (χ2n) is 6.48. The van der Waals surface area contributed by atoms with Crippen LogP contribution < -0.4 is 10.2 Å². The summed E-state index contributed by atoms with van der Waals surface area (Å²) >= 11 is 0. The second-order valence-corrected chi connectivity index (χ2v) is 6.48. The monoisotopic (exact) mass is 396 g/mol. The molecule has 0 bridgehead atoms. The average molecular weight is 396 g/mol. The highest BCUT2D eigenvalue weighted by molar-refractivity contribution is 5.99. The van der Waals surface area contributed by atoms with Crippen molar-refractivity contribution in [3.8, 4) is 5.75 Å². The quantitative estimate of drug-likeness (QED) is 0.564. The molecule has 8 heteroatoms. The number of ketones is 1. The third-order valence-corrected chi connectivity index (χ3v) is 4.47. The Bertz CT molecular complexity index is 928. The third-order valence-electron chi connectivity index (χ3n) is 4.47. The molecule has 0 aliphatic carbocycles. The second kappa shape index (κ2) is 9.01. The molecule has 2 aromatic rings. The molecule has 1 heterocycles. The van der Waals surface area contributed by atoms with E-state index < -0.39 is 30.3 Å². The number of carbonyl (C=O) groups excluding carboxylic acids is 4. The van der Waals surface area contributed by atoms with Crippen LogP contribution in [-0.2, 0) is 14.3 Å². The predicted octanol–water partition coefficient (Wildman–Crippen LogP) is 1.61. The van der Waals surface area contributed by atoms with Gasteiger partial charge in [-0.2, -0.15) is 0 Å². The zero-order chi connectivity index (χ0) is 20.8. The maximum Gasteiger partial charge on any atom is 0.311 e. The van der Waals surface area contributed by atoms with Gasteiger partial charge in [-0.3, -0.25) is 29.6 Å². The van der Waals surface area contributed by atoms with Crippen LogP contribution >= 0.6 is 0 Å². The van der Waals surface area contributed by atoms with Gasteiger partial charge in [-0.15, -0.1) is 0 Å². The van der Waals surface area contributed by atoms with Gasteiger partial charge >= 0.3 is 5.97 Å². The molecule has 1 unspecified atom stereocenters. The first-order valence-electron chi connectivity index (χ1n) is 8.98. The lowest BCUT2D eigenvalue weighted by atomic mass is 10.1. The van der Waals surface area contributed by atoms with Gasteiger partial charge in [0, 0.05) is 17.5 Å². The molecule has 0 aromatic heterocycles. The Morgan fingerprint density at radius 2 is 1.79 bits per heavy atom. The van der Waals surface area contributed by atoms with Gasteiger partial charge in [-0.1, -0.05) is 30.3 Å². The molecule has 29 heavy (non-hydrogen) atoms. The Kier molecular flexibility index (Phi) is 6.23. The Morgan fingerprint density at radius 3 is 2.52 bits per heavy atom. The van der Waals surface area contributed by atoms with Gasteiger partial charge < -0.3 is 9.47 Å². The minimum Gasteiger partial charge on any atom is -0.497 e. The van der Waals surface area contributed by atoms with Gasteiger partial charge in [-0.25, -0.2) is 0 Å². The van der Waals surface area contributed by atoms with E-state index >= 15 is 0 Å². The van der Waals surface area contributed by atoms with Crippen LogP contribution in [0.2, 0.25) is 0 Å². The first-order valence-corrected chi connectivity index (χ1v) is 8.98. The van der Waals surface area contributed by atoms with Crippen molar-refractivity contribution in [2.24, 2.45) is 5.92 Å². The molecule has 1 N–H and O–H groups in total. The summed E-state index contributed by atoms with van der Waals surface area (Å²) < 4.78 is 10.1. The molecule has 2 amide bonds. The first kappa shape index (κ1) is 20.1. The average Bonchev–Trinajstić information content (AvgIpc) is 3.12. The predicted molar refractivity (Wildman–Crippen MR) is 102 cm³/mol. The fourth-order valence-corrected chi connectivity index (χ4v) is 2.88. The largest absolute Gasteiger partial charge is 0.497 e. The number of carbonyl (C=O) groups is 4. The van der Waals surface area contributed by atoms with Gasteiger partial charge in [0.1, 0.15) is 5.75 Å². The molecule has 3 rings (SSSR count). The molecular weight excluding hydrogens is 376 g/mol. The number of Topliss-reactive ketones (excluding diaryl/α,β-unsaturated/α-hetero) is 1. The summed E-state index contributed by atoms with van der Waals surface area (Å²) in [6.07, 6.45) is -0.0960. The normalized spacial score (nSPS) is 15.7. The first-order chi connectivity index (χ1) is 14.0. The number of hydrazine groups is 1. The zero-order valence-corrected chi connectivity index (χ0v) is 15.8. The SMILES string of the molecule is COc1cccc(C(=O)COC(=O)C2CC(=O)N(NC(=O)c3ccccc3)C2)c1. The van der Waals surface area contributed by atoms with Crippen molar-refractivity contribution in [3.63, 3.8) is 0 Å². The van der Waals surface area contributed by atoms with Crippen molar-refractivity contribution >= 4 is 23.6 Å². The maximum absolute atomic E-state index is 12.3. The van der Waals surface area contributed by atoms with Crippen molar-refractivity contribution in [1.82, 2.24) is 10.4 Å². The number of amides is 2. The fraction of sp³-hybridized carbons (Fsp3) is 0.238. The number of nitrogens with one attached hydrogen (secondary N) is 1. The van der Waals surface area contributed by atoms with E-state index in [0.717, 1.165) is 5.01 Å². The minimum absolute atomic E-state index is 0.0103. The molecule has 0 radical (unpaired) electrons. The van der Waals surface area contributed by atoms with Crippen LogP contribution in [0.3, 0.4) is 0 Å². The summed E-state index contributed by atoms with van der Waals surface area (Å²) in [6, 6.07) is 14.9. The lowest BCUT2D eigenvalue weighted by Gasteiger charge is -2.17. The Labute approximate surface area is 167 Å². The highest BCUT2D eigenvalue weighted by Gasteiger charge is 2.36. The fourth-order valence-electron chi connectivity index (χ4n) is 2.88. The van der Waals surface area contributed by atoms with E-state index in [1.807, 2.05) is 0 Å². The summed E-state index contributed by atoms with van der Waals surface area (Å²) in [5, 5.41) is 1.10. The van der Waals surface area contributed by atoms with E-state index in [1.165, 1.54) is 7.11 Å². The number of rotatable bonds is 7. The number of nitrogens with zero attached hydrogens (tertiary/aromatic N) is 1. The number of esters is 1. The van der Waals surface area contributed by atoms with Crippen molar-refractivity contribution < 1.29 is 28.7 Å². The highest BCUT2D eigenvalue weighted by atomic mass is 16.5. The molecule has 150 valence electrons. The molecule has 1 atom stereocenters. The van der Waals surface area contributed by atoms with Gasteiger partial charge in [0.15, 0.2) is 12.4 Å². The van der Waals surface area contributed by atoms with Crippen LogP contribution in [-0.4, -0.2) is 48.8 Å². The van der Waals surface area contributed by atoms with Crippen LogP contribution in [0, 0.1) is 5.92 Å². The summed E-state index contributed by atoms with van der Waals surface area (Å²) in [5.74, 6) is -2.11. The van der Waals surface area contributed by atoms with Crippen LogP contribution in [0.25, 0.3) is 0 Å². The van der Waals surface area contributed by atoms with E-state index in [-0.39, 0.29) is 18.7 Å². The standard InChI is InChI=1S/C21H20N2O6/c1-28-17-9-5-8-15(10-17)18(24)13-29-21(27)16-11-19(25)23(12-16)22-20(26)14-6-3-2-4-7-14/h2-10,16H,11-13H2,1H3,(H,22,26). The van der Waals surface area contributed by atoms with Gasteiger partial charge in [0.25, 0.3) is 5.91 Å². The third kappa shape index (κ3) is 4.98. The van der Waals surface area contributed by atoms with Crippen LogP contribution in [0.5, 0.6) is 5.75 Å². The molecule has 8 nitrogen and oxygen atoms in total. The van der Waals surface area contributed by atoms with Crippen molar-refractivity contribution in [2.75, 3.05) is 20.3 Å². The van der Waals surface area contributed by atoms with E-state index in [9.17, 15) is 19.2 Å². The Morgan fingerprint density at radius 1 is 1.07 bits per heavy atom. The zero-order valence-electron chi connectivity index (χ0n) is 15.8. The highest BCUT2D eigenvalue weighted by Crippen LogP contribution is 2.19. The van der Waals surface area contributed by atoms with Crippen LogP contribution in [0.4, 0.5) is 0 Å². The number of hydrogen-bond donors (Lipinski definition) is 1. The maximum atomic E-state index is 12.3. The van der Waals surface area contributed by atoms with Gasteiger partial charge in [0.05, 0.1) is 19.6 Å². The summed E-state index contributed by atoms with van der Waals surface area (Å²) in [5.41, 5.74) is 3.25. The van der Waals surface area contributed by atoms with Gasteiger partial charge in [-0.05, 0) is 24.3 Å². The molecule has 0 spiro atoms. The number of ether oxygens (including phenoxy) is 2. The minimum atomic E-state index is -0.753. The van der Waals surface area contributed by atoms with Crippen LogP contribution in [0.15, 0.2) is 54.6 Å². The molecule has 1 fully saturated rings. The smallest absolute Gasteiger partial charge is 0.311 e. The number of hydrogen-bond acceptors (Lipinski definition) is 6. The number of benzene rings is 2. The van der Waals surface area contributed by atoms with E-state index in [0.29, 0.717) is 16.9 Å². The Balaban J connectivity index is 1.52. The molecule has 2 aromatic carbocycles. The van der Waals surface area contributed by atoms with E-state index in [1.54, 1.807) is 54.6 Å². The van der Waals surface area contributed by atoms with E-state index in [2.05, 4.69) is 5.43 Å². The lowest BCUT2D eigenvalue weighted by molar-refractivity contribution is -0.147. The summed E-state index contributed by atoms with van der Waals surface area (Å²) in [4.78, 5) is 48.7. The molecule has 0 saturated carbocycles. The number of methoxy groups -OCH3 is 1. The van der Waals surface area contributed by atoms with E-state index in [4.69, 9.17) is 9.47 Å².